The van der Waals surface area contributed by atoms with Crippen molar-refractivity contribution in [3.05, 3.63) is 109 Å². The van der Waals surface area contributed by atoms with Crippen molar-refractivity contribution in [3.63, 3.8) is 0 Å². The highest BCUT2D eigenvalue weighted by Crippen LogP contribution is 2.15. The van der Waals surface area contributed by atoms with Gasteiger partial charge in [-0.1, -0.05) is 252 Å². The molecule has 0 aromatic carbocycles. The molecule has 0 aromatic heterocycles. The number of esters is 3. The van der Waals surface area contributed by atoms with Crippen LogP contribution in [0.25, 0.3) is 0 Å². The van der Waals surface area contributed by atoms with Crippen LogP contribution < -0.4 is 0 Å². The SMILES string of the molecule is CC/C=C\C/C=C\C/C=C\C/C=C\C/C=C\CCCCCCCC(=O)OC(COC(=O)CCCCCCC)COC(=O)CCCCCCCCCCCCCCCC/C=C\C/C=C\C/C=C\C/C=C\CC. The summed E-state index contributed by atoms with van der Waals surface area (Å²) in [7, 11) is 0. The van der Waals surface area contributed by atoms with Gasteiger partial charge in [0.05, 0.1) is 0 Å². The minimum atomic E-state index is -0.786. The second kappa shape index (κ2) is 58.6. The third-order valence-electron chi connectivity index (χ3n) is 12.3. The van der Waals surface area contributed by atoms with E-state index >= 15 is 0 Å². The van der Waals surface area contributed by atoms with Gasteiger partial charge in [0.1, 0.15) is 13.2 Å². The smallest absolute Gasteiger partial charge is 0.306 e. The second-order valence-corrected chi connectivity index (χ2v) is 19.1. The molecule has 0 saturated heterocycles. The fourth-order valence-electron chi connectivity index (χ4n) is 7.93. The minimum absolute atomic E-state index is 0.0865. The second-order valence-electron chi connectivity index (χ2n) is 19.1. The molecule has 0 aliphatic heterocycles. The summed E-state index contributed by atoms with van der Waals surface area (Å²) in [6, 6.07) is 0. The number of carbonyl (C=O) groups is 3. The monoisotopic (exact) mass is 985 g/mol. The molecule has 71 heavy (non-hydrogen) atoms. The van der Waals surface area contributed by atoms with Crippen molar-refractivity contribution >= 4 is 17.9 Å². The summed E-state index contributed by atoms with van der Waals surface area (Å²) in [6.45, 7) is 6.32. The first-order valence-electron chi connectivity index (χ1n) is 29.4. The standard InChI is InChI=1S/C65H108O6/c1-4-7-10-13-15-17-19-21-23-25-27-29-30-31-32-33-34-36-37-39-41-43-45-47-49-52-55-58-64(67)70-61-62(60-69-63(66)57-54-51-12-9-6-3)71-65(68)59-56-53-50-48-46-44-42-40-38-35-28-26-24-22-20-18-16-14-11-8-5-2/h7-8,10-11,15-18,21-24,27-29,35,40,42,62H,4-6,9,12-14,19-20,25-26,30-34,36-39,41,43-61H2,1-3H3/b10-7-,11-8-,17-15-,18-16-,23-21-,24-22-,29-27-,35-28-,42-40-. The molecule has 0 aliphatic carbocycles. The molecule has 0 saturated carbocycles. The fourth-order valence-corrected chi connectivity index (χ4v) is 7.93. The van der Waals surface area contributed by atoms with E-state index in [-0.39, 0.29) is 31.1 Å². The lowest BCUT2D eigenvalue weighted by Gasteiger charge is -2.18. The molecule has 0 fully saturated rings. The maximum absolute atomic E-state index is 12.8. The Morgan fingerprint density at radius 1 is 0.296 bits per heavy atom. The Bertz CT molecular complexity index is 1460. The number of ether oxygens (including phenoxy) is 3. The van der Waals surface area contributed by atoms with Gasteiger partial charge in [-0.3, -0.25) is 14.4 Å². The first-order chi connectivity index (χ1) is 35.0. The van der Waals surface area contributed by atoms with E-state index in [1.54, 1.807) is 0 Å². The van der Waals surface area contributed by atoms with E-state index in [4.69, 9.17) is 14.2 Å². The molecule has 1 unspecified atom stereocenters. The van der Waals surface area contributed by atoms with Crippen molar-refractivity contribution in [2.75, 3.05) is 13.2 Å². The highest BCUT2D eigenvalue weighted by atomic mass is 16.6. The Morgan fingerprint density at radius 3 is 0.859 bits per heavy atom. The number of unbranched alkanes of at least 4 members (excludes halogenated alkanes) is 23. The zero-order chi connectivity index (χ0) is 51.4. The average molecular weight is 986 g/mol. The summed E-state index contributed by atoms with van der Waals surface area (Å²) in [5, 5.41) is 0. The van der Waals surface area contributed by atoms with Gasteiger partial charge in [0.15, 0.2) is 6.10 Å². The first kappa shape index (κ1) is 67.1. The molecule has 0 radical (unpaired) electrons. The van der Waals surface area contributed by atoms with Crippen molar-refractivity contribution in [3.8, 4) is 0 Å². The molecule has 0 rings (SSSR count). The van der Waals surface area contributed by atoms with E-state index in [0.29, 0.717) is 19.3 Å². The molecule has 0 spiro atoms. The van der Waals surface area contributed by atoms with E-state index in [9.17, 15) is 14.4 Å². The van der Waals surface area contributed by atoms with Gasteiger partial charge in [0.25, 0.3) is 0 Å². The predicted octanol–water partition coefficient (Wildman–Crippen LogP) is 19.9. The van der Waals surface area contributed by atoms with Crippen molar-refractivity contribution in [2.24, 2.45) is 0 Å². The molecule has 0 aromatic rings. The fraction of sp³-hybridized carbons (Fsp3) is 0.677. The van der Waals surface area contributed by atoms with Gasteiger partial charge in [-0.15, -0.1) is 0 Å². The molecule has 0 bridgehead atoms. The maximum atomic E-state index is 12.8. The molecule has 6 nitrogen and oxygen atoms in total. The number of hydrogen-bond acceptors (Lipinski definition) is 6. The van der Waals surface area contributed by atoms with Crippen LogP contribution in [-0.4, -0.2) is 37.2 Å². The summed E-state index contributed by atoms with van der Waals surface area (Å²) in [5.41, 5.74) is 0. The van der Waals surface area contributed by atoms with Crippen LogP contribution >= 0.6 is 0 Å². The maximum Gasteiger partial charge on any atom is 0.306 e. The normalized spacial score (nSPS) is 12.9. The zero-order valence-corrected chi connectivity index (χ0v) is 46.2. The summed E-state index contributed by atoms with van der Waals surface area (Å²) < 4.78 is 16.7. The zero-order valence-electron chi connectivity index (χ0n) is 46.2. The van der Waals surface area contributed by atoms with E-state index in [1.165, 1.54) is 83.5 Å². The molecule has 0 amide bonds. The Balaban J connectivity index is 4.10. The largest absolute Gasteiger partial charge is 0.462 e. The predicted molar refractivity (Wildman–Crippen MR) is 307 cm³/mol. The lowest BCUT2D eigenvalue weighted by molar-refractivity contribution is -0.167. The van der Waals surface area contributed by atoms with Gasteiger partial charge in [-0.2, -0.15) is 0 Å². The lowest BCUT2D eigenvalue weighted by atomic mass is 10.0. The number of allylic oxidation sites excluding steroid dienone is 18. The van der Waals surface area contributed by atoms with E-state index in [2.05, 4.69) is 130 Å². The van der Waals surface area contributed by atoms with Crippen LogP contribution in [0, 0.1) is 0 Å². The molecule has 0 N–H and O–H groups in total. The quantitative estimate of drug-likeness (QED) is 0.0261. The topological polar surface area (TPSA) is 78.9 Å². The molecule has 404 valence electrons. The summed E-state index contributed by atoms with van der Waals surface area (Å²) in [6.07, 6.45) is 79.9. The number of rotatable bonds is 52. The summed E-state index contributed by atoms with van der Waals surface area (Å²) in [4.78, 5) is 37.8. The van der Waals surface area contributed by atoms with Crippen LogP contribution in [0.1, 0.15) is 265 Å². The third kappa shape index (κ3) is 56.9. The van der Waals surface area contributed by atoms with E-state index < -0.39 is 6.10 Å². The van der Waals surface area contributed by atoms with Gasteiger partial charge in [-0.25, -0.2) is 0 Å². The Kier molecular flexibility index (Phi) is 55.4. The highest BCUT2D eigenvalue weighted by Gasteiger charge is 2.19. The molecular formula is C65H108O6. The van der Waals surface area contributed by atoms with E-state index in [0.717, 1.165) is 141 Å². The first-order valence-corrected chi connectivity index (χ1v) is 29.4. The summed E-state index contributed by atoms with van der Waals surface area (Å²) >= 11 is 0. The lowest BCUT2D eigenvalue weighted by Crippen LogP contribution is -2.30. The van der Waals surface area contributed by atoms with Crippen LogP contribution in [-0.2, 0) is 28.6 Å². The van der Waals surface area contributed by atoms with Crippen LogP contribution in [0.15, 0.2) is 109 Å². The van der Waals surface area contributed by atoms with Gasteiger partial charge in [0.2, 0.25) is 0 Å². The van der Waals surface area contributed by atoms with Gasteiger partial charge >= 0.3 is 17.9 Å². The highest BCUT2D eigenvalue weighted by molar-refractivity contribution is 5.71. The molecule has 1 atom stereocenters. The van der Waals surface area contributed by atoms with Crippen molar-refractivity contribution in [1.29, 1.82) is 0 Å². The molecular weight excluding hydrogens is 877 g/mol. The number of carbonyl (C=O) groups excluding carboxylic acids is 3. The Labute approximate surface area is 438 Å². The average Bonchev–Trinajstić information content (AvgIpc) is 3.37. The Morgan fingerprint density at radius 2 is 0.549 bits per heavy atom. The molecule has 6 heteroatoms. The molecule has 0 aliphatic rings. The van der Waals surface area contributed by atoms with Crippen molar-refractivity contribution in [1.82, 2.24) is 0 Å². The van der Waals surface area contributed by atoms with Crippen LogP contribution in [0.5, 0.6) is 0 Å². The van der Waals surface area contributed by atoms with Crippen LogP contribution in [0.3, 0.4) is 0 Å². The van der Waals surface area contributed by atoms with Crippen LogP contribution in [0.4, 0.5) is 0 Å². The van der Waals surface area contributed by atoms with Gasteiger partial charge in [0, 0.05) is 19.3 Å². The molecule has 0 heterocycles. The summed E-state index contributed by atoms with van der Waals surface area (Å²) in [5.74, 6) is -0.919. The minimum Gasteiger partial charge on any atom is -0.462 e. The van der Waals surface area contributed by atoms with Crippen molar-refractivity contribution in [2.45, 2.75) is 271 Å². The van der Waals surface area contributed by atoms with E-state index in [1.807, 2.05) is 0 Å². The van der Waals surface area contributed by atoms with Gasteiger partial charge in [-0.05, 0) is 103 Å². The van der Waals surface area contributed by atoms with Gasteiger partial charge < -0.3 is 14.2 Å². The third-order valence-corrected chi connectivity index (χ3v) is 12.3. The van der Waals surface area contributed by atoms with Crippen LogP contribution in [0.2, 0.25) is 0 Å². The van der Waals surface area contributed by atoms with Crippen molar-refractivity contribution < 1.29 is 28.6 Å². The number of hydrogen-bond donors (Lipinski definition) is 0. The Hall–Kier alpha value is -3.93.